The lowest BCUT2D eigenvalue weighted by atomic mass is 9.86. The Labute approximate surface area is 109 Å². The van der Waals surface area contributed by atoms with E-state index in [0.29, 0.717) is 18.0 Å². The zero-order valence-corrected chi connectivity index (χ0v) is 11.5. The molecule has 18 heavy (non-hydrogen) atoms. The van der Waals surface area contributed by atoms with E-state index in [1.165, 1.54) is 0 Å². The molecule has 0 aromatic heterocycles. The van der Waals surface area contributed by atoms with E-state index in [1.54, 1.807) is 12.1 Å². The number of hydrogen-bond acceptors (Lipinski definition) is 2. The molecule has 0 aliphatic carbocycles. The van der Waals surface area contributed by atoms with Crippen molar-refractivity contribution in [1.82, 2.24) is 5.32 Å². The molecule has 1 aromatic rings. The van der Waals surface area contributed by atoms with Crippen molar-refractivity contribution in [2.24, 2.45) is 5.92 Å². The van der Waals surface area contributed by atoms with Crippen molar-refractivity contribution >= 4 is 5.69 Å². The predicted molar refractivity (Wildman–Crippen MR) is 74.5 cm³/mol. The average Bonchev–Trinajstić information content (AvgIpc) is 2.37. The molecule has 0 radical (unpaired) electrons. The molecule has 3 unspecified atom stereocenters. The first kappa shape index (κ1) is 13.3. The molecule has 1 aromatic carbocycles. The van der Waals surface area contributed by atoms with Crippen molar-refractivity contribution in [3.8, 4) is 0 Å². The molecule has 3 heteroatoms. The second-order valence-electron chi connectivity index (χ2n) is 5.20. The van der Waals surface area contributed by atoms with Gasteiger partial charge >= 0.3 is 0 Å². The smallest absolute Gasteiger partial charge is 0.146 e. The monoisotopic (exact) mass is 250 g/mol. The lowest BCUT2D eigenvalue weighted by Crippen LogP contribution is -2.53. The van der Waals surface area contributed by atoms with Crippen LogP contribution in [0.15, 0.2) is 24.3 Å². The van der Waals surface area contributed by atoms with E-state index >= 15 is 0 Å². The molecule has 3 atom stereocenters. The molecular weight excluding hydrogens is 227 g/mol. The van der Waals surface area contributed by atoms with E-state index in [2.05, 4.69) is 31.0 Å². The number of halogens is 1. The van der Waals surface area contributed by atoms with Crippen LogP contribution in [-0.4, -0.2) is 25.2 Å². The molecule has 1 heterocycles. The summed E-state index contributed by atoms with van der Waals surface area (Å²) in [4.78, 5) is 2.20. The summed E-state index contributed by atoms with van der Waals surface area (Å²) in [6.45, 7) is 8.51. The first-order chi connectivity index (χ1) is 8.65. The number of anilines is 1. The Hall–Kier alpha value is -1.09. The summed E-state index contributed by atoms with van der Waals surface area (Å²) >= 11 is 0. The summed E-state index contributed by atoms with van der Waals surface area (Å²) in [7, 11) is 0. The van der Waals surface area contributed by atoms with E-state index in [1.807, 2.05) is 12.1 Å². The third-order valence-corrected chi connectivity index (χ3v) is 4.20. The second kappa shape index (κ2) is 5.70. The van der Waals surface area contributed by atoms with Gasteiger partial charge in [0.1, 0.15) is 5.82 Å². The maximum absolute atomic E-state index is 13.9. The Morgan fingerprint density at radius 2 is 2.06 bits per heavy atom. The van der Waals surface area contributed by atoms with E-state index < -0.39 is 0 Å². The number of rotatable bonds is 3. The van der Waals surface area contributed by atoms with Gasteiger partial charge < -0.3 is 10.2 Å². The largest absolute Gasteiger partial charge is 0.366 e. The highest BCUT2D eigenvalue weighted by Gasteiger charge is 2.32. The van der Waals surface area contributed by atoms with Gasteiger partial charge in [0.2, 0.25) is 0 Å². The molecule has 2 rings (SSSR count). The Morgan fingerprint density at radius 3 is 2.72 bits per heavy atom. The van der Waals surface area contributed by atoms with Crippen LogP contribution in [0.3, 0.4) is 0 Å². The molecule has 100 valence electrons. The lowest BCUT2D eigenvalue weighted by Gasteiger charge is -2.44. The van der Waals surface area contributed by atoms with Gasteiger partial charge in [0.15, 0.2) is 0 Å². The number of hydrogen-bond donors (Lipinski definition) is 1. The summed E-state index contributed by atoms with van der Waals surface area (Å²) in [6, 6.07) is 7.99. The van der Waals surface area contributed by atoms with Crippen LogP contribution in [0.5, 0.6) is 0 Å². The topological polar surface area (TPSA) is 15.3 Å². The molecule has 1 saturated heterocycles. The summed E-state index contributed by atoms with van der Waals surface area (Å²) in [5.74, 6) is 0.414. The van der Waals surface area contributed by atoms with Crippen LogP contribution in [0.4, 0.5) is 10.1 Å². The Kier molecular flexibility index (Phi) is 4.23. The second-order valence-corrected chi connectivity index (χ2v) is 5.20. The van der Waals surface area contributed by atoms with Gasteiger partial charge in [-0.05, 0) is 37.9 Å². The van der Waals surface area contributed by atoms with Gasteiger partial charge in [-0.25, -0.2) is 4.39 Å². The number of para-hydroxylation sites is 1. The molecule has 0 bridgehead atoms. The quantitative estimate of drug-likeness (QED) is 0.887. The third kappa shape index (κ3) is 2.51. The first-order valence-electron chi connectivity index (χ1n) is 6.89. The Morgan fingerprint density at radius 1 is 1.33 bits per heavy atom. The van der Waals surface area contributed by atoms with E-state index in [0.717, 1.165) is 25.2 Å². The minimum atomic E-state index is -0.113. The summed E-state index contributed by atoms with van der Waals surface area (Å²) in [5.41, 5.74) is 0.742. The Bertz CT molecular complexity index is 394. The maximum Gasteiger partial charge on any atom is 0.146 e. The summed E-state index contributed by atoms with van der Waals surface area (Å²) in [6.07, 6.45) is 1.08. The van der Waals surface area contributed by atoms with Crippen LogP contribution < -0.4 is 10.2 Å². The zero-order chi connectivity index (χ0) is 13.1. The fourth-order valence-electron chi connectivity index (χ4n) is 2.94. The molecule has 0 saturated carbocycles. The standard InChI is InChI=1S/C15H23FN2/c1-4-17-14-9-10-18(12(3)11(14)2)15-8-6-5-7-13(15)16/h5-8,11-12,14,17H,4,9-10H2,1-3H3. The molecule has 0 amide bonds. The van der Waals surface area contributed by atoms with Crippen molar-refractivity contribution < 1.29 is 4.39 Å². The highest BCUT2D eigenvalue weighted by Crippen LogP contribution is 2.30. The van der Waals surface area contributed by atoms with Gasteiger partial charge in [-0.3, -0.25) is 0 Å². The summed E-state index contributed by atoms with van der Waals surface area (Å²) < 4.78 is 13.9. The van der Waals surface area contributed by atoms with Crippen LogP contribution in [0.1, 0.15) is 27.2 Å². The lowest BCUT2D eigenvalue weighted by molar-refractivity contribution is 0.273. The third-order valence-electron chi connectivity index (χ3n) is 4.20. The maximum atomic E-state index is 13.9. The molecule has 0 spiro atoms. The minimum Gasteiger partial charge on any atom is -0.366 e. The van der Waals surface area contributed by atoms with Crippen molar-refractivity contribution in [1.29, 1.82) is 0 Å². The van der Waals surface area contributed by atoms with Gasteiger partial charge in [-0.2, -0.15) is 0 Å². The van der Waals surface area contributed by atoms with Crippen LogP contribution in [-0.2, 0) is 0 Å². The van der Waals surface area contributed by atoms with Crippen molar-refractivity contribution in [3.63, 3.8) is 0 Å². The first-order valence-corrected chi connectivity index (χ1v) is 6.89. The fourth-order valence-corrected chi connectivity index (χ4v) is 2.94. The normalized spacial score (nSPS) is 28.4. The number of benzene rings is 1. The molecule has 1 N–H and O–H groups in total. The molecule has 2 nitrogen and oxygen atoms in total. The van der Waals surface area contributed by atoms with Crippen LogP contribution >= 0.6 is 0 Å². The van der Waals surface area contributed by atoms with Crippen molar-refractivity contribution in [2.45, 2.75) is 39.3 Å². The summed E-state index contributed by atoms with van der Waals surface area (Å²) in [5, 5.41) is 3.53. The van der Waals surface area contributed by atoms with Crippen molar-refractivity contribution in [3.05, 3.63) is 30.1 Å². The van der Waals surface area contributed by atoms with Crippen LogP contribution in [0.25, 0.3) is 0 Å². The number of nitrogens with one attached hydrogen (secondary N) is 1. The SMILES string of the molecule is CCNC1CCN(c2ccccc2F)C(C)C1C. The van der Waals surface area contributed by atoms with Gasteiger partial charge in [0, 0.05) is 18.6 Å². The number of piperidine rings is 1. The minimum absolute atomic E-state index is 0.113. The highest BCUT2D eigenvalue weighted by molar-refractivity contribution is 5.49. The zero-order valence-electron chi connectivity index (χ0n) is 11.5. The van der Waals surface area contributed by atoms with Gasteiger partial charge in [-0.15, -0.1) is 0 Å². The Balaban J connectivity index is 2.15. The van der Waals surface area contributed by atoms with E-state index in [4.69, 9.17) is 0 Å². The van der Waals surface area contributed by atoms with Crippen LogP contribution in [0.2, 0.25) is 0 Å². The van der Waals surface area contributed by atoms with E-state index in [-0.39, 0.29) is 5.82 Å². The van der Waals surface area contributed by atoms with Gasteiger partial charge in [-0.1, -0.05) is 26.0 Å². The van der Waals surface area contributed by atoms with Crippen molar-refractivity contribution in [2.75, 3.05) is 18.0 Å². The predicted octanol–water partition coefficient (Wildman–Crippen LogP) is 3.04. The van der Waals surface area contributed by atoms with Crippen LogP contribution in [0, 0.1) is 11.7 Å². The van der Waals surface area contributed by atoms with Gasteiger partial charge in [0.25, 0.3) is 0 Å². The van der Waals surface area contributed by atoms with Gasteiger partial charge in [0.05, 0.1) is 5.69 Å². The molecular formula is C15H23FN2. The number of nitrogens with zero attached hydrogens (tertiary/aromatic N) is 1. The molecule has 1 aliphatic rings. The van der Waals surface area contributed by atoms with E-state index in [9.17, 15) is 4.39 Å². The molecule has 1 aliphatic heterocycles. The average molecular weight is 250 g/mol. The highest BCUT2D eigenvalue weighted by atomic mass is 19.1. The fraction of sp³-hybridized carbons (Fsp3) is 0.600. The molecule has 1 fully saturated rings.